The molecule has 4 bridgehead atoms. The van der Waals surface area contributed by atoms with E-state index in [9.17, 15) is 0 Å². The molecule has 0 aliphatic heterocycles. The van der Waals surface area contributed by atoms with Crippen LogP contribution >= 0.6 is 0 Å². The fourth-order valence-corrected chi connectivity index (χ4v) is 6.38. The molecule has 1 N–H and O–H groups in total. The Bertz CT molecular complexity index is 850. The quantitative estimate of drug-likeness (QED) is 0.794. The van der Waals surface area contributed by atoms with Crippen molar-refractivity contribution in [1.29, 1.82) is 0 Å². The Morgan fingerprint density at radius 2 is 2.00 bits per heavy atom. The van der Waals surface area contributed by atoms with Crippen molar-refractivity contribution in [2.45, 2.75) is 76.5 Å². The lowest BCUT2D eigenvalue weighted by atomic mass is 9.50. The summed E-state index contributed by atoms with van der Waals surface area (Å²) >= 11 is 0. The Hall–Kier alpha value is -2.02. The maximum Gasteiger partial charge on any atom is 0.171 e. The van der Waals surface area contributed by atoms with Crippen LogP contribution in [0, 0.1) is 25.7 Å². The lowest BCUT2D eigenvalue weighted by molar-refractivity contribution is -0.0854. The van der Waals surface area contributed by atoms with Crippen LogP contribution in [0.1, 0.15) is 55.6 Å². The first-order valence-electron chi connectivity index (χ1n) is 10.2. The molecular formula is C20H29N7. The third-order valence-corrected chi connectivity index (χ3v) is 6.99. The third kappa shape index (κ3) is 2.83. The average Bonchev–Trinajstić information content (AvgIpc) is 3.18. The van der Waals surface area contributed by atoms with Crippen LogP contribution in [-0.2, 0) is 18.6 Å². The van der Waals surface area contributed by atoms with E-state index < -0.39 is 0 Å². The van der Waals surface area contributed by atoms with E-state index in [1.54, 1.807) is 0 Å². The van der Waals surface area contributed by atoms with Gasteiger partial charge in [0.05, 0.1) is 17.8 Å². The standard InChI is InChI=1S/C20H29N7/c1-4-5-26-12-18(14(2)23-26)11-21-19-7-16-6-17(8-19)10-20(9-16,13-19)27-24-15(3)22-25-27/h4,12,16-17,21H,1,5-11,13H2,2-3H3/t16-,17+,19?,20?. The second-order valence-electron chi connectivity index (χ2n) is 9.20. The van der Waals surface area contributed by atoms with E-state index in [-0.39, 0.29) is 11.1 Å². The summed E-state index contributed by atoms with van der Waals surface area (Å²) in [6.45, 7) is 9.48. The predicted molar refractivity (Wildman–Crippen MR) is 102 cm³/mol. The van der Waals surface area contributed by atoms with Gasteiger partial charge < -0.3 is 5.32 Å². The summed E-state index contributed by atoms with van der Waals surface area (Å²) in [5.74, 6) is 2.32. The highest BCUT2D eigenvalue weighted by molar-refractivity contribution is 5.18. The van der Waals surface area contributed by atoms with E-state index in [0.717, 1.165) is 42.9 Å². The van der Waals surface area contributed by atoms with E-state index in [2.05, 4.69) is 45.5 Å². The van der Waals surface area contributed by atoms with E-state index in [1.165, 1.54) is 37.7 Å². The second-order valence-corrected chi connectivity index (χ2v) is 9.20. The first-order valence-corrected chi connectivity index (χ1v) is 10.2. The smallest absolute Gasteiger partial charge is 0.171 e. The number of nitrogens with zero attached hydrogens (tertiary/aromatic N) is 6. The number of allylic oxidation sites excluding steroid dienone is 1. The molecule has 0 spiro atoms. The summed E-state index contributed by atoms with van der Waals surface area (Å²) in [7, 11) is 0. The Kier molecular flexibility index (Phi) is 3.79. The minimum Gasteiger partial charge on any atom is -0.307 e. The van der Waals surface area contributed by atoms with Crippen LogP contribution in [0.15, 0.2) is 18.9 Å². The molecule has 0 aromatic carbocycles. The molecule has 0 amide bonds. The van der Waals surface area contributed by atoms with Crippen LogP contribution in [0.25, 0.3) is 0 Å². The molecule has 2 unspecified atom stereocenters. The van der Waals surface area contributed by atoms with Gasteiger partial charge in [-0.1, -0.05) is 6.08 Å². The summed E-state index contributed by atoms with van der Waals surface area (Å²) in [5, 5.41) is 21.8. The minimum absolute atomic E-state index is 0.0560. The zero-order valence-corrected chi connectivity index (χ0v) is 16.4. The summed E-state index contributed by atoms with van der Waals surface area (Å²) in [6, 6.07) is 0. The van der Waals surface area contributed by atoms with Crippen molar-refractivity contribution in [3.63, 3.8) is 0 Å². The maximum absolute atomic E-state index is 4.63. The molecule has 0 radical (unpaired) electrons. The van der Waals surface area contributed by atoms with E-state index >= 15 is 0 Å². The van der Waals surface area contributed by atoms with Gasteiger partial charge in [0.15, 0.2) is 5.82 Å². The molecule has 4 fully saturated rings. The molecule has 2 aromatic heterocycles. The molecule has 2 aromatic rings. The Labute approximate surface area is 160 Å². The fourth-order valence-electron chi connectivity index (χ4n) is 6.38. The summed E-state index contributed by atoms with van der Waals surface area (Å²) in [5.41, 5.74) is 2.65. The Morgan fingerprint density at radius 3 is 2.67 bits per heavy atom. The first-order chi connectivity index (χ1) is 13.0. The van der Waals surface area contributed by atoms with Crippen LogP contribution in [-0.4, -0.2) is 35.5 Å². The normalized spacial score (nSPS) is 34.3. The average molecular weight is 368 g/mol. The first kappa shape index (κ1) is 17.1. The number of hydrogen-bond donors (Lipinski definition) is 1. The van der Waals surface area contributed by atoms with Crippen molar-refractivity contribution in [3.8, 4) is 0 Å². The fraction of sp³-hybridized carbons (Fsp3) is 0.700. The summed E-state index contributed by atoms with van der Waals surface area (Å²) < 4.78 is 1.97. The molecule has 0 saturated heterocycles. The van der Waals surface area contributed by atoms with Crippen molar-refractivity contribution >= 4 is 0 Å². The van der Waals surface area contributed by atoms with E-state index in [4.69, 9.17) is 0 Å². The number of aromatic nitrogens is 6. The number of aryl methyl sites for hydroxylation is 2. The van der Waals surface area contributed by atoms with Crippen molar-refractivity contribution in [2.75, 3.05) is 0 Å². The zero-order chi connectivity index (χ0) is 18.6. The molecule has 7 nitrogen and oxygen atoms in total. The molecule has 4 atom stereocenters. The second kappa shape index (κ2) is 5.99. The van der Waals surface area contributed by atoms with Crippen LogP contribution in [0.5, 0.6) is 0 Å². The van der Waals surface area contributed by atoms with Crippen LogP contribution < -0.4 is 5.32 Å². The highest BCUT2D eigenvalue weighted by atomic mass is 15.6. The predicted octanol–water partition coefficient (Wildman–Crippen LogP) is 2.51. The van der Waals surface area contributed by atoms with E-state index in [0.29, 0.717) is 0 Å². The van der Waals surface area contributed by atoms with Crippen molar-refractivity contribution in [2.24, 2.45) is 11.8 Å². The van der Waals surface area contributed by atoms with Crippen molar-refractivity contribution in [3.05, 3.63) is 35.9 Å². The lowest BCUT2D eigenvalue weighted by Crippen LogP contribution is -2.65. The summed E-state index contributed by atoms with van der Waals surface area (Å²) in [4.78, 5) is 1.96. The van der Waals surface area contributed by atoms with Crippen LogP contribution in [0.4, 0.5) is 0 Å². The molecule has 7 heteroatoms. The van der Waals surface area contributed by atoms with Gasteiger partial charge >= 0.3 is 0 Å². The molecular weight excluding hydrogens is 338 g/mol. The number of tetrazole rings is 1. The number of rotatable bonds is 6. The molecule has 6 rings (SSSR count). The Morgan fingerprint density at radius 1 is 1.22 bits per heavy atom. The number of nitrogens with one attached hydrogen (secondary N) is 1. The van der Waals surface area contributed by atoms with Gasteiger partial charge in [0.1, 0.15) is 0 Å². The molecule has 4 aliphatic carbocycles. The SMILES string of the molecule is C=CCn1cc(CNC23C[C@H]4C[C@@H](C2)CC(n2nnc(C)n2)(C4)C3)c(C)n1. The number of hydrogen-bond acceptors (Lipinski definition) is 5. The lowest BCUT2D eigenvalue weighted by Gasteiger charge is -2.61. The van der Waals surface area contributed by atoms with Gasteiger partial charge in [0.2, 0.25) is 0 Å². The van der Waals surface area contributed by atoms with Gasteiger partial charge in [0.25, 0.3) is 0 Å². The molecule has 2 heterocycles. The van der Waals surface area contributed by atoms with E-state index in [1.807, 2.05) is 22.5 Å². The van der Waals surface area contributed by atoms with Crippen LogP contribution in [0.3, 0.4) is 0 Å². The van der Waals surface area contributed by atoms with Gasteiger partial charge in [-0.3, -0.25) is 4.68 Å². The molecule has 4 saturated carbocycles. The minimum atomic E-state index is 0.0560. The van der Waals surface area contributed by atoms with Gasteiger partial charge in [-0.2, -0.15) is 9.90 Å². The third-order valence-electron chi connectivity index (χ3n) is 6.99. The van der Waals surface area contributed by atoms with Crippen molar-refractivity contribution < 1.29 is 0 Å². The van der Waals surface area contributed by atoms with Gasteiger partial charge in [0, 0.05) is 23.8 Å². The monoisotopic (exact) mass is 367 g/mol. The van der Waals surface area contributed by atoms with Gasteiger partial charge in [-0.15, -0.1) is 16.8 Å². The Balaban J connectivity index is 1.39. The largest absolute Gasteiger partial charge is 0.307 e. The van der Waals surface area contributed by atoms with Gasteiger partial charge in [-0.25, -0.2) is 0 Å². The molecule has 27 heavy (non-hydrogen) atoms. The molecule has 4 aliphatic rings. The highest BCUT2D eigenvalue weighted by Crippen LogP contribution is 2.60. The summed E-state index contributed by atoms with van der Waals surface area (Å²) in [6.07, 6.45) is 11.5. The highest BCUT2D eigenvalue weighted by Gasteiger charge is 2.59. The zero-order valence-electron chi connectivity index (χ0n) is 16.4. The van der Waals surface area contributed by atoms with Gasteiger partial charge in [-0.05, 0) is 69.4 Å². The molecule has 144 valence electrons. The van der Waals surface area contributed by atoms with Crippen LogP contribution in [0.2, 0.25) is 0 Å². The maximum atomic E-state index is 4.63. The topological polar surface area (TPSA) is 73.5 Å². The van der Waals surface area contributed by atoms with Crippen molar-refractivity contribution in [1.82, 2.24) is 35.3 Å².